The van der Waals surface area contributed by atoms with E-state index in [0.717, 1.165) is 0 Å². The van der Waals surface area contributed by atoms with E-state index in [1.54, 1.807) is 41.1 Å². The molecule has 4 nitrogen and oxygen atoms in total. The number of carbonyl (C=O) groups excluding carboxylic acids is 1. The number of hydrogen-bond acceptors (Lipinski definition) is 4. The van der Waals surface area contributed by atoms with Gasteiger partial charge in [-0.3, -0.25) is 4.79 Å². The van der Waals surface area contributed by atoms with E-state index in [1.165, 1.54) is 17.4 Å². The first-order valence-corrected chi connectivity index (χ1v) is 8.26. The van der Waals surface area contributed by atoms with E-state index >= 15 is 0 Å². The highest BCUT2D eigenvalue weighted by atomic mass is 32.1. The van der Waals surface area contributed by atoms with Gasteiger partial charge >= 0.3 is 6.18 Å². The van der Waals surface area contributed by atoms with Crippen LogP contribution in [0.4, 0.5) is 13.2 Å². The van der Waals surface area contributed by atoms with E-state index in [4.69, 9.17) is 4.52 Å². The van der Waals surface area contributed by atoms with Gasteiger partial charge in [0.1, 0.15) is 6.54 Å². The second-order valence-corrected chi connectivity index (χ2v) is 6.13. The van der Waals surface area contributed by atoms with E-state index in [2.05, 4.69) is 5.16 Å². The number of amides is 1. The Hall–Kier alpha value is -2.61. The Morgan fingerprint density at radius 2 is 1.96 bits per heavy atom. The molecule has 2 aromatic heterocycles. The molecule has 0 N–H and O–H groups in total. The van der Waals surface area contributed by atoms with Crippen molar-refractivity contribution < 1.29 is 22.5 Å². The lowest BCUT2D eigenvalue weighted by molar-refractivity contribution is -0.141. The second-order valence-electron chi connectivity index (χ2n) is 5.35. The third-order valence-corrected chi connectivity index (χ3v) is 4.13. The van der Waals surface area contributed by atoms with E-state index < -0.39 is 18.6 Å². The molecule has 1 aromatic carbocycles. The predicted molar refractivity (Wildman–Crippen MR) is 87.1 cm³/mol. The standard InChI is InChI=1S/C17H13F3N2O2S/c18-17(19,20)11-22(9-12-6-7-25-10-12)16(23)14-8-15(24-21-14)13-4-2-1-3-5-13/h1-8,10H,9,11H2. The normalized spacial score (nSPS) is 11.5. The number of benzene rings is 1. The van der Waals surface area contributed by atoms with Gasteiger partial charge in [-0.2, -0.15) is 24.5 Å². The fraction of sp³-hybridized carbons (Fsp3) is 0.176. The van der Waals surface area contributed by atoms with Crippen LogP contribution in [-0.2, 0) is 6.54 Å². The van der Waals surface area contributed by atoms with Crippen LogP contribution in [0.1, 0.15) is 16.1 Å². The van der Waals surface area contributed by atoms with Crippen molar-refractivity contribution >= 4 is 17.2 Å². The molecule has 8 heteroatoms. The zero-order chi connectivity index (χ0) is 17.9. The smallest absolute Gasteiger partial charge is 0.355 e. The molecule has 25 heavy (non-hydrogen) atoms. The largest absolute Gasteiger partial charge is 0.406 e. The summed E-state index contributed by atoms with van der Waals surface area (Å²) in [5.41, 5.74) is 1.17. The SMILES string of the molecule is O=C(c1cc(-c2ccccc2)on1)N(Cc1ccsc1)CC(F)(F)F. The minimum absolute atomic E-state index is 0.143. The molecule has 0 saturated heterocycles. The van der Waals surface area contributed by atoms with Crippen LogP contribution in [-0.4, -0.2) is 28.7 Å². The average Bonchev–Trinajstić information content (AvgIpc) is 3.25. The molecule has 3 aromatic rings. The molecule has 130 valence electrons. The van der Waals surface area contributed by atoms with E-state index in [-0.39, 0.29) is 12.2 Å². The van der Waals surface area contributed by atoms with Crippen LogP contribution < -0.4 is 0 Å². The van der Waals surface area contributed by atoms with Crippen LogP contribution in [0, 0.1) is 0 Å². The molecular formula is C17H13F3N2O2S. The van der Waals surface area contributed by atoms with Gasteiger partial charge in [0, 0.05) is 18.2 Å². The molecule has 2 heterocycles. The van der Waals surface area contributed by atoms with E-state index in [1.807, 2.05) is 6.07 Å². The molecule has 0 atom stereocenters. The summed E-state index contributed by atoms with van der Waals surface area (Å²) in [5.74, 6) is -0.499. The van der Waals surface area contributed by atoms with Gasteiger partial charge < -0.3 is 9.42 Å². The number of rotatable bonds is 5. The highest BCUT2D eigenvalue weighted by molar-refractivity contribution is 7.07. The number of hydrogen-bond donors (Lipinski definition) is 0. The predicted octanol–water partition coefficient (Wildman–Crippen LogP) is 4.61. The van der Waals surface area contributed by atoms with Crippen LogP contribution in [0.15, 0.2) is 57.7 Å². The lowest BCUT2D eigenvalue weighted by Gasteiger charge is -2.22. The van der Waals surface area contributed by atoms with E-state index in [9.17, 15) is 18.0 Å². The summed E-state index contributed by atoms with van der Waals surface area (Å²) < 4.78 is 43.6. The molecule has 1 amide bonds. The van der Waals surface area contributed by atoms with Crippen molar-refractivity contribution in [1.82, 2.24) is 10.1 Å². The van der Waals surface area contributed by atoms with Crippen LogP contribution in [0.2, 0.25) is 0 Å². The van der Waals surface area contributed by atoms with Gasteiger partial charge in [0.25, 0.3) is 5.91 Å². The van der Waals surface area contributed by atoms with Crippen LogP contribution in [0.5, 0.6) is 0 Å². The lowest BCUT2D eigenvalue weighted by Crippen LogP contribution is -2.38. The van der Waals surface area contributed by atoms with Gasteiger partial charge in [-0.1, -0.05) is 35.5 Å². The fourth-order valence-corrected chi connectivity index (χ4v) is 2.96. The monoisotopic (exact) mass is 366 g/mol. The molecule has 0 aliphatic carbocycles. The van der Waals surface area contributed by atoms with Gasteiger partial charge in [0.2, 0.25) is 0 Å². The summed E-state index contributed by atoms with van der Waals surface area (Å²) in [4.78, 5) is 13.2. The number of aromatic nitrogens is 1. The molecule has 0 bridgehead atoms. The van der Waals surface area contributed by atoms with Crippen molar-refractivity contribution in [3.05, 3.63) is 64.5 Å². The molecule has 0 aliphatic rings. The summed E-state index contributed by atoms with van der Waals surface area (Å²) in [6, 6.07) is 11.9. The van der Waals surface area contributed by atoms with Gasteiger partial charge in [-0.15, -0.1) is 0 Å². The van der Waals surface area contributed by atoms with Gasteiger partial charge in [0.15, 0.2) is 11.5 Å². The molecule has 0 radical (unpaired) electrons. The zero-order valence-electron chi connectivity index (χ0n) is 12.9. The van der Waals surface area contributed by atoms with Crippen molar-refractivity contribution in [2.75, 3.05) is 6.54 Å². The highest BCUT2D eigenvalue weighted by Crippen LogP contribution is 2.23. The summed E-state index contributed by atoms with van der Waals surface area (Å²) in [6.07, 6.45) is -4.50. The summed E-state index contributed by atoms with van der Waals surface area (Å²) >= 11 is 1.36. The molecule has 0 fully saturated rings. The number of alkyl halides is 3. The van der Waals surface area contributed by atoms with Crippen molar-refractivity contribution in [3.63, 3.8) is 0 Å². The third-order valence-electron chi connectivity index (χ3n) is 3.40. The second kappa shape index (κ2) is 7.10. The maximum Gasteiger partial charge on any atom is 0.406 e. The Kier molecular flexibility index (Phi) is 4.89. The molecule has 0 spiro atoms. The molecular weight excluding hydrogens is 353 g/mol. The number of nitrogens with zero attached hydrogens (tertiary/aromatic N) is 2. The Labute approximate surface area is 145 Å². The fourth-order valence-electron chi connectivity index (χ4n) is 2.30. The van der Waals surface area contributed by atoms with Crippen LogP contribution in [0.25, 0.3) is 11.3 Å². The van der Waals surface area contributed by atoms with Crippen LogP contribution in [0.3, 0.4) is 0 Å². The minimum atomic E-state index is -4.50. The summed E-state index contributed by atoms with van der Waals surface area (Å²) in [7, 11) is 0. The number of thiophene rings is 1. The topological polar surface area (TPSA) is 46.3 Å². The molecule has 0 aliphatic heterocycles. The maximum atomic E-state index is 12.8. The first-order valence-electron chi connectivity index (χ1n) is 7.31. The maximum absolute atomic E-state index is 12.8. The average molecular weight is 366 g/mol. The lowest BCUT2D eigenvalue weighted by atomic mass is 10.1. The Bertz CT molecular complexity index is 829. The summed E-state index contributed by atoms with van der Waals surface area (Å²) in [6.45, 7) is -1.50. The molecule has 3 rings (SSSR count). The first-order chi connectivity index (χ1) is 11.9. The Balaban J connectivity index is 1.83. The Morgan fingerprint density at radius 1 is 1.20 bits per heavy atom. The highest BCUT2D eigenvalue weighted by Gasteiger charge is 2.34. The molecule has 0 unspecified atom stereocenters. The van der Waals surface area contributed by atoms with Crippen LogP contribution >= 0.6 is 11.3 Å². The zero-order valence-corrected chi connectivity index (χ0v) is 13.7. The van der Waals surface area contributed by atoms with Gasteiger partial charge in [0.05, 0.1) is 0 Å². The first kappa shape index (κ1) is 17.2. The van der Waals surface area contributed by atoms with Crippen molar-refractivity contribution in [2.24, 2.45) is 0 Å². The van der Waals surface area contributed by atoms with Crippen molar-refractivity contribution in [3.8, 4) is 11.3 Å². The summed E-state index contributed by atoms with van der Waals surface area (Å²) in [5, 5.41) is 7.09. The molecule has 0 saturated carbocycles. The minimum Gasteiger partial charge on any atom is -0.355 e. The Morgan fingerprint density at radius 3 is 2.60 bits per heavy atom. The number of carbonyl (C=O) groups is 1. The quantitative estimate of drug-likeness (QED) is 0.663. The van der Waals surface area contributed by atoms with Crippen molar-refractivity contribution in [1.29, 1.82) is 0 Å². The number of halogens is 3. The van der Waals surface area contributed by atoms with Gasteiger partial charge in [-0.25, -0.2) is 0 Å². The van der Waals surface area contributed by atoms with E-state index in [0.29, 0.717) is 21.8 Å². The van der Waals surface area contributed by atoms with Gasteiger partial charge in [-0.05, 0) is 22.4 Å². The van der Waals surface area contributed by atoms with Crippen molar-refractivity contribution in [2.45, 2.75) is 12.7 Å². The third kappa shape index (κ3) is 4.48.